The number of nitrogens with zero attached hydrogens (tertiary/aromatic N) is 2. The van der Waals surface area contributed by atoms with Crippen LogP contribution in [0.5, 0.6) is 0 Å². The number of amides is 1. The van der Waals surface area contributed by atoms with E-state index >= 15 is 0 Å². The molecular formula is C23H23N3O3S2. The fourth-order valence-corrected chi connectivity index (χ4v) is 5.58. The Bertz CT molecular complexity index is 1190. The number of aryl methyl sites for hydroxylation is 1. The molecule has 0 saturated carbocycles. The lowest BCUT2D eigenvalue weighted by Gasteiger charge is -2.15. The largest absolute Gasteiger partial charge is 0.298 e. The van der Waals surface area contributed by atoms with Gasteiger partial charge in [0.1, 0.15) is 0 Å². The Morgan fingerprint density at radius 1 is 1.06 bits per heavy atom. The van der Waals surface area contributed by atoms with Crippen LogP contribution in [0.1, 0.15) is 24.0 Å². The highest BCUT2D eigenvalue weighted by molar-refractivity contribution is 7.89. The zero-order chi connectivity index (χ0) is 21.8. The molecule has 1 aliphatic rings. The molecule has 1 aromatic heterocycles. The zero-order valence-corrected chi connectivity index (χ0v) is 18.7. The number of rotatable bonds is 6. The van der Waals surface area contributed by atoms with Crippen LogP contribution in [0.15, 0.2) is 64.9 Å². The summed E-state index contributed by atoms with van der Waals surface area (Å²) in [4.78, 5) is 16.9. The quantitative estimate of drug-likeness (QED) is 0.555. The molecule has 0 aliphatic carbocycles. The maximum atomic E-state index is 12.6. The molecule has 160 valence electrons. The Hall–Kier alpha value is -2.81. The normalized spacial score (nSPS) is 14.9. The summed E-state index contributed by atoms with van der Waals surface area (Å²) in [6, 6.07) is 14.6. The van der Waals surface area contributed by atoms with Gasteiger partial charge < -0.3 is 0 Å². The second-order valence-corrected chi connectivity index (χ2v) is 10.2. The van der Waals surface area contributed by atoms with Gasteiger partial charge in [-0.25, -0.2) is 13.4 Å². The molecule has 2 heterocycles. The molecule has 0 atom stereocenters. The van der Waals surface area contributed by atoms with E-state index in [1.165, 1.54) is 27.3 Å². The molecule has 1 amide bonds. The minimum Gasteiger partial charge on any atom is -0.298 e. The van der Waals surface area contributed by atoms with Crippen LogP contribution < -0.4 is 5.32 Å². The summed E-state index contributed by atoms with van der Waals surface area (Å²) in [5.41, 5.74) is 3.60. The predicted octanol–water partition coefficient (Wildman–Crippen LogP) is 4.55. The molecule has 0 radical (unpaired) electrons. The van der Waals surface area contributed by atoms with Gasteiger partial charge in [-0.3, -0.25) is 10.1 Å². The highest BCUT2D eigenvalue weighted by Crippen LogP contribution is 2.27. The topological polar surface area (TPSA) is 79.4 Å². The number of thiazole rings is 1. The Labute approximate surface area is 186 Å². The Morgan fingerprint density at radius 3 is 2.42 bits per heavy atom. The average Bonchev–Trinajstić information content (AvgIpc) is 3.46. The predicted molar refractivity (Wildman–Crippen MR) is 124 cm³/mol. The van der Waals surface area contributed by atoms with Gasteiger partial charge in [-0.15, -0.1) is 11.3 Å². The lowest BCUT2D eigenvalue weighted by Crippen LogP contribution is -2.27. The van der Waals surface area contributed by atoms with E-state index in [0.717, 1.165) is 24.0 Å². The molecule has 0 unspecified atom stereocenters. The van der Waals surface area contributed by atoms with Gasteiger partial charge >= 0.3 is 0 Å². The number of aromatic nitrogens is 1. The lowest BCUT2D eigenvalue weighted by atomic mass is 10.1. The van der Waals surface area contributed by atoms with Crippen LogP contribution >= 0.6 is 11.3 Å². The van der Waals surface area contributed by atoms with Crippen molar-refractivity contribution in [3.8, 4) is 11.3 Å². The van der Waals surface area contributed by atoms with Crippen LogP contribution in [0, 0.1) is 6.92 Å². The van der Waals surface area contributed by atoms with Gasteiger partial charge in [0, 0.05) is 30.1 Å². The molecule has 1 N–H and O–H groups in total. The van der Waals surface area contributed by atoms with E-state index in [1.54, 1.807) is 30.3 Å². The molecule has 1 saturated heterocycles. The summed E-state index contributed by atoms with van der Waals surface area (Å²) in [6.07, 6.45) is 5.04. The third-order valence-electron chi connectivity index (χ3n) is 5.09. The summed E-state index contributed by atoms with van der Waals surface area (Å²) >= 11 is 1.32. The van der Waals surface area contributed by atoms with Crippen molar-refractivity contribution in [1.82, 2.24) is 9.29 Å². The van der Waals surface area contributed by atoms with Gasteiger partial charge in [0.25, 0.3) is 0 Å². The first kappa shape index (κ1) is 21.4. The maximum absolute atomic E-state index is 12.6. The molecule has 3 aromatic rings. The minimum absolute atomic E-state index is 0.256. The number of carbonyl (C=O) groups is 1. The third-order valence-corrected chi connectivity index (χ3v) is 7.76. The van der Waals surface area contributed by atoms with Gasteiger partial charge in [0.15, 0.2) is 5.13 Å². The van der Waals surface area contributed by atoms with Crippen molar-refractivity contribution in [2.75, 3.05) is 18.4 Å². The van der Waals surface area contributed by atoms with Crippen molar-refractivity contribution in [2.24, 2.45) is 0 Å². The smallest absolute Gasteiger partial charge is 0.250 e. The van der Waals surface area contributed by atoms with E-state index in [-0.39, 0.29) is 5.91 Å². The first-order chi connectivity index (χ1) is 14.9. The van der Waals surface area contributed by atoms with Gasteiger partial charge in [0.05, 0.1) is 10.6 Å². The second-order valence-electron chi connectivity index (χ2n) is 7.41. The standard InChI is InChI=1S/C23H23N3O3S2/c1-17-4-6-18(7-5-17)8-13-22(27)25-23-24-21(16-30-23)19-9-11-20(12-10-19)31(28,29)26-14-2-3-15-26/h4-13,16H,2-3,14-15H2,1H3,(H,24,25,27)/b13-8+. The van der Waals surface area contributed by atoms with E-state index in [4.69, 9.17) is 0 Å². The van der Waals surface area contributed by atoms with E-state index in [2.05, 4.69) is 10.3 Å². The number of hydrogen-bond acceptors (Lipinski definition) is 5. The van der Waals surface area contributed by atoms with Crippen LogP contribution in [-0.4, -0.2) is 36.7 Å². The molecule has 8 heteroatoms. The molecule has 4 rings (SSSR count). The second kappa shape index (κ2) is 9.13. The van der Waals surface area contributed by atoms with Crippen LogP contribution in [0.25, 0.3) is 17.3 Å². The summed E-state index contributed by atoms with van der Waals surface area (Å²) in [5, 5.41) is 5.09. The van der Waals surface area contributed by atoms with E-state index in [1.807, 2.05) is 36.6 Å². The third kappa shape index (κ3) is 5.10. The number of hydrogen-bond donors (Lipinski definition) is 1. The molecule has 1 aliphatic heterocycles. The molecule has 2 aromatic carbocycles. The minimum atomic E-state index is -3.43. The van der Waals surface area contributed by atoms with Crippen molar-refractivity contribution >= 4 is 38.5 Å². The molecule has 1 fully saturated rings. The summed E-state index contributed by atoms with van der Waals surface area (Å²) in [6.45, 7) is 3.18. The van der Waals surface area contributed by atoms with Crippen LogP contribution in [0.2, 0.25) is 0 Å². The summed E-state index contributed by atoms with van der Waals surface area (Å²) in [7, 11) is -3.43. The van der Waals surface area contributed by atoms with Crippen LogP contribution in [-0.2, 0) is 14.8 Å². The lowest BCUT2D eigenvalue weighted by molar-refractivity contribution is -0.111. The average molecular weight is 454 g/mol. The van der Waals surface area contributed by atoms with Crippen molar-refractivity contribution in [1.29, 1.82) is 0 Å². The van der Waals surface area contributed by atoms with Crippen LogP contribution in [0.4, 0.5) is 5.13 Å². The Balaban J connectivity index is 1.41. The number of benzene rings is 2. The molecule has 0 bridgehead atoms. The number of sulfonamides is 1. The fraction of sp³-hybridized carbons (Fsp3) is 0.217. The van der Waals surface area contributed by atoms with Crippen molar-refractivity contribution in [2.45, 2.75) is 24.7 Å². The number of carbonyl (C=O) groups excluding carboxylic acids is 1. The monoisotopic (exact) mass is 453 g/mol. The van der Waals surface area contributed by atoms with Crippen molar-refractivity contribution in [3.63, 3.8) is 0 Å². The zero-order valence-electron chi connectivity index (χ0n) is 17.1. The molecular weight excluding hydrogens is 430 g/mol. The van der Waals surface area contributed by atoms with Crippen molar-refractivity contribution < 1.29 is 13.2 Å². The first-order valence-electron chi connectivity index (χ1n) is 10.0. The molecule has 0 spiro atoms. The highest BCUT2D eigenvalue weighted by Gasteiger charge is 2.27. The summed E-state index contributed by atoms with van der Waals surface area (Å²) < 4.78 is 26.8. The first-order valence-corrected chi connectivity index (χ1v) is 12.4. The van der Waals surface area contributed by atoms with Crippen LogP contribution in [0.3, 0.4) is 0 Å². The Morgan fingerprint density at radius 2 is 1.74 bits per heavy atom. The van der Waals surface area contributed by atoms with Gasteiger partial charge in [-0.2, -0.15) is 4.31 Å². The van der Waals surface area contributed by atoms with E-state index in [0.29, 0.717) is 28.8 Å². The van der Waals surface area contributed by atoms with Crippen molar-refractivity contribution in [3.05, 3.63) is 71.1 Å². The SMILES string of the molecule is Cc1ccc(/C=C/C(=O)Nc2nc(-c3ccc(S(=O)(=O)N4CCCC4)cc3)cs2)cc1. The van der Waals surface area contributed by atoms with E-state index in [9.17, 15) is 13.2 Å². The van der Waals surface area contributed by atoms with Gasteiger partial charge in [0.2, 0.25) is 15.9 Å². The molecule has 6 nitrogen and oxygen atoms in total. The van der Waals surface area contributed by atoms with Gasteiger partial charge in [-0.1, -0.05) is 42.0 Å². The Kier molecular flexibility index (Phi) is 6.31. The van der Waals surface area contributed by atoms with E-state index < -0.39 is 10.0 Å². The number of anilines is 1. The van der Waals surface area contributed by atoms with Gasteiger partial charge in [-0.05, 0) is 43.5 Å². The molecule has 31 heavy (non-hydrogen) atoms. The number of nitrogens with one attached hydrogen (secondary N) is 1. The maximum Gasteiger partial charge on any atom is 0.250 e. The highest BCUT2D eigenvalue weighted by atomic mass is 32.2. The fourth-order valence-electron chi connectivity index (χ4n) is 3.34. The summed E-state index contributed by atoms with van der Waals surface area (Å²) in [5.74, 6) is -0.256.